The maximum atomic E-state index is 5.93. The van der Waals surface area contributed by atoms with Crippen molar-refractivity contribution in [3.8, 4) is 0 Å². The number of ether oxygens (including phenoxy) is 1. The molecular formula is C10H22N2O2Si. The molecular weight excluding hydrogens is 208 g/mol. The Kier molecular flexibility index (Phi) is 3.47. The third-order valence-electron chi connectivity index (χ3n) is 3.61. The molecule has 4 nitrogen and oxygen atoms in total. The highest BCUT2D eigenvalue weighted by Crippen LogP contribution is 2.25. The maximum absolute atomic E-state index is 5.93. The first kappa shape index (κ1) is 11.5. The minimum atomic E-state index is -1.21. The fourth-order valence-electron chi connectivity index (χ4n) is 2.29. The number of nitrogens with zero attached hydrogens (tertiary/aromatic N) is 1. The van der Waals surface area contributed by atoms with Crippen LogP contribution in [0, 0.1) is 0 Å². The normalized spacial score (nSPS) is 37.8. The van der Waals surface area contributed by atoms with Gasteiger partial charge >= 0.3 is 0 Å². The zero-order valence-corrected chi connectivity index (χ0v) is 11.1. The van der Waals surface area contributed by atoms with E-state index in [-0.39, 0.29) is 5.60 Å². The number of morpholine rings is 1. The van der Waals surface area contributed by atoms with Gasteiger partial charge in [-0.25, -0.2) is 0 Å². The summed E-state index contributed by atoms with van der Waals surface area (Å²) in [4.78, 5) is 0. The molecule has 2 aliphatic heterocycles. The smallest absolute Gasteiger partial charge is 0.269 e. The van der Waals surface area contributed by atoms with Gasteiger partial charge < -0.3 is 14.5 Å². The van der Waals surface area contributed by atoms with Crippen molar-refractivity contribution in [2.24, 2.45) is 0 Å². The number of hydrogen-bond acceptors (Lipinski definition) is 4. The summed E-state index contributed by atoms with van der Waals surface area (Å²) in [7, 11) is -1.21. The summed E-state index contributed by atoms with van der Waals surface area (Å²) in [5.74, 6) is 0. The van der Waals surface area contributed by atoms with Crippen molar-refractivity contribution in [3.05, 3.63) is 0 Å². The molecule has 2 fully saturated rings. The first-order chi connectivity index (χ1) is 7.11. The maximum Gasteiger partial charge on any atom is 0.269 e. The second-order valence-electron chi connectivity index (χ2n) is 4.90. The molecule has 15 heavy (non-hydrogen) atoms. The van der Waals surface area contributed by atoms with Crippen molar-refractivity contribution in [1.29, 1.82) is 0 Å². The second-order valence-corrected chi connectivity index (χ2v) is 7.21. The van der Waals surface area contributed by atoms with Crippen LogP contribution < -0.4 is 5.32 Å². The Morgan fingerprint density at radius 1 is 1.40 bits per heavy atom. The predicted octanol–water partition coefficient (Wildman–Crippen LogP) is -0.135. The molecule has 88 valence electrons. The van der Waals surface area contributed by atoms with Gasteiger partial charge in [0.1, 0.15) is 0 Å². The van der Waals surface area contributed by atoms with E-state index in [1.165, 1.54) is 0 Å². The molecule has 0 aromatic rings. The molecule has 0 aromatic carbocycles. The highest BCUT2D eigenvalue weighted by Gasteiger charge is 2.40. The van der Waals surface area contributed by atoms with E-state index in [2.05, 4.69) is 30.7 Å². The molecule has 0 radical (unpaired) electrons. The first-order valence-corrected chi connectivity index (χ1v) is 7.64. The van der Waals surface area contributed by atoms with E-state index in [1.54, 1.807) is 0 Å². The van der Waals surface area contributed by atoms with Gasteiger partial charge in [0, 0.05) is 31.9 Å². The van der Waals surface area contributed by atoms with E-state index < -0.39 is 9.20 Å². The summed E-state index contributed by atoms with van der Waals surface area (Å²) in [5, 5.41) is 3.43. The minimum Gasteiger partial charge on any atom is -0.403 e. The van der Waals surface area contributed by atoms with Crippen LogP contribution in [0.3, 0.4) is 0 Å². The van der Waals surface area contributed by atoms with Crippen LogP contribution in [-0.2, 0) is 9.16 Å². The molecule has 2 rings (SSSR count). The van der Waals surface area contributed by atoms with Gasteiger partial charge in [-0.1, -0.05) is 0 Å². The highest BCUT2D eigenvalue weighted by atomic mass is 28.3. The molecule has 0 amide bonds. The Labute approximate surface area is 93.7 Å². The average Bonchev–Trinajstić information content (AvgIpc) is 2.23. The van der Waals surface area contributed by atoms with Crippen LogP contribution in [0.1, 0.15) is 20.8 Å². The van der Waals surface area contributed by atoms with Crippen molar-refractivity contribution in [3.63, 3.8) is 0 Å². The van der Waals surface area contributed by atoms with Gasteiger partial charge in [0.25, 0.3) is 9.20 Å². The van der Waals surface area contributed by atoms with Gasteiger partial charge in [0.2, 0.25) is 0 Å². The van der Waals surface area contributed by atoms with E-state index in [0.29, 0.717) is 6.04 Å². The van der Waals surface area contributed by atoms with Crippen LogP contribution in [0.15, 0.2) is 0 Å². The van der Waals surface area contributed by atoms with Crippen LogP contribution in [0.5, 0.6) is 0 Å². The molecule has 0 bridgehead atoms. The van der Waals surface area contributed by atoms with Crippen molar-refractivity contribution in [2.75, 3.05) is 32.5 Å². The fourth-order valence-corrected chi connectivity index (χ4v) is 4.92. The number of hydrogen-bond donors (Lipinski definition) is 1. The van der Waals surface area contributed by atoms with Crippen LogP contribution in [0.4, 0.5) is 0 Å². The van der Waals surface area contributed by atoms with E-state index in [1.807, 2.05) is 0 Å². The Hall–Kier alpha value is 0.0569. The summed E-state index contributed by atoms with van der Waals surface area (Å²) < 4.78 is 14.3. The van der Waals surface area contributed by atoms with Gasteiger partial charge in [-0.3, -0.25) is 4.57 Å². The van der Waals surface area contributed by atoms with Crippen LogP contribution in [0.2, 0.25) is 0 Å². The molecule has 0 spiro atoms. The average molecular weight is 230 g/mol. The van der Waals surface area contributed by atoms with E-state index >= 15 is 0 Å². The quantitative estimate of drug-likeness (QED) is 0.636. The second kappa shape index (κ2) is 4.51. The zero-order chi connectivity index (χ0) is 10.9. The minimum absolute atomic E-state index is 0.0357. The highest BCUT2D eigenvalue weighted by molar-refractivity contribution is 6.49. The SMILES string of the molecule is CC1N([SiH]2CNCCO2)CCOC1(C)C. The Morgan fingerprint density at radius 3 is 2.87 bits per heavy atom. The monoisotopic (exact) mass is 230 g/mol. The Morgan fingerprint density at radius 2 is 2.20 bits per heavy atom. The summed E-state index contributed by atoms with van der Waals surface area (Å²) in [5.41, 5.74) is -0.0357. The molecule has 2 unspecified atom stereocenters. The van der Waals surface area contributed by atoms with Crippen molar-refractivity contribution < 1.29 is 9.16 Å². The van der Waals surface area contributed by atoms with Crippen LogP contribution in [0.25, 0.3) is 0 Å². The lowest BCUT2D eigenvalue weighted by Gasteiger charge is -2.48. The van der Waals surface area contributed by atoms with Crippen molar-refractivity contribution in [1.82, 2.24) is 9.88 Å². The van der Waals surface area contributed by atoms with Crippen molar-refractivity contribution in [2.45, 2.75) is 32.4 Å². The van der Waals surface area contributed by atoms with Gasteiger partial charge in [-0.05, 0) is 20.8 Å². The largest absolute Gasteiger partial charge is 0.403 e. The van der Waals surface area contributed by atoms with Gasteiger partial charge in [0.05, 0.1) is 12.2 Å². The molecule has 2 aliphatic rings. The lowest BCUT2D eigenvalue weighted by atomic mass is 9.99. The molecule has 0 saturated carbocycles. The zero-order valence-electron chi connectivity index (χ0n) is 9.95. The van der Waals surface area contributed by atoms with Gasteiger partial charge in [-0.2, -0.15) is 0 Å². The lowest BCUT2D eigenvalue weighted by Crippen LogP contribution is -2.64. The third kappa shape index (κ3) is 2.42. The third-order valence-corrected chi connectivity index (χ3v) is 6.31. The van der Waals surface area contributed by atoms with Crippen molar-refractivity contribution >= 4 is 9.20 Å². The molecule has 0 aromatic heterocycles. The van der Waals surface area contributed by atoms with Gasteiger partial charge in [0.15, 0.2) is 0 Å². The van der Waals surface area contributed by atoms with E-state index in [0.717, 1.165) is 32.5 Å². The summed E-state index contributed by atoms with van der Waals surface area (Å²) in [6.45, 7) is 10.4. The molecule has 5 heteroatoms. The predicted molar refractivity (Wildman–Crippen MR) is 62.2 cm³/mol. The summed E-state index contributed by atoms with van der Waals surface area (Å²) in [6.07, 6.45) is 1.07. The summed E-state index contributed by atoms with van der Waals surface area (Å²) in [6, 6.07) is 0.461. The first-order valence-electron chi connectivity index (χ1n) is 5.83. The Balaban J connectivity index is 2.00. The van der Waals surface area contributed by atoms with Gasteiger partial charge in [-0.15, -0.1) is 0 Å². The number of nitrogens with one attached hydrogen (secondary N) is 1. The molecule has 1 N–H and O–H groups in total. The molecule has 2 atom stereocenters. The van der Waals surface area contributed by atoms with E-state index in [9.17, 15) is 0 Å². The standard InChI is InChI=1S/C10H22N2O2Si/c1-9-10(2,3)13-7-5-12(9)15-8-11-4-6-14-15/h9,11,15H,4-8H2,1-3H3. The fraction of sp³-hybridized carbons (Fsp3) is 1.00. The molecule has 0 aliphatic carbocycles. The van der Waals surface area contributed by atoms with Crippen LogP contribution in [-0.4, -0.2) is 57.9 Å². The van der Waals surface area contributed by atoms with Crippen LogP contribution >= 0.6 is 0 Å². The number of rotatable bonds is 1. The molecule has 2 heterocycles. The van der Waals surface area contributed by atoms with E-state index in [4.69, 9.17) is 9.16 Å². The Bertz CT molecular complexity index is 219. The lowest BCUT2D eigenvalue weighted by molar-refractivity contribution is -0.103. The topological polar surface area (TPSA) is 33.7 Å². The summed E-state index contributed by atoms with van der Waals surface area (Å²) >= 11 is 0. The molecule has 2 saturated heterocycles.